The minimum absolute atomic E-state index is 0.0596. The van der Waals surface area contributed by atoms with E-state index in [1.807, 2.05) is 48.5 Å². The second-order valence-electron chi connectivity index (χ2n) is 7.18. The van der Waals surface area contributed by atoms with E-state index < -0.39 is 6.04 Å². The number of methoxy groups -OCH3 is 1. The zero-order valence-corrected chi connectivity index (χ0v) is 19.3. The fourth-order valence-electron chi connectivity index (χ4n) is 3.53. The minimum atomic E-state index is -0.495. The Morgan fingerprint density at radius 3 is 2.61 bits per heavy atom. The van der Waals surface area contributed by atoms with Crippen LogP contribution in [0.1, 0.15) is 18.4 Å². The van der Waals surface area contributed by atoms with Crippen LogP contribution < -0.4 is 10.1 Å². The van der Waals surface area contributed by atoms with Gasteiger partial charge in [0.15, 0.2) is 0 Å². The summed E-state index contributed by atoms with van der Waals surface area (Å²) in [5.74, 6) is 0.462. The van der Waals surface area contributed by atoms with Gasteiger partial charge in [0.1, 0.15) is 16.8 Å². The van der Waals surface area contributed by atoms with Gasteiger partial charge < -0.3 is 9.64 Å². The number of ether oxygens (including phenoxy) is 1. The number of hydrogen-bond donors (Lipinski definition) is 1. The average Bonchev–Trinajstić information content (AvgIpc) is 3.45. The van der Waals surface area contributed by atoms with Gasteiger partial charge in [-0.15, -0.1) is 10.2 Å². The second kappa shape index (κ2) is 9.57. The van der Waals surface area contributed by atoms with E-state index in [0.29, 0.717) is 18.1 Å². The van der Waals surface area contributed by atoms with Crippen LogP contribution in [0.5, 0.6) is 5.75 Å². The van der Waals surface area contributed by atoms with E-state index in [0.717, 1.165) is 32.8 Å². The molecule has 0 aliphatic carbocycles. The Morgan fingerprint density at radius 2 is 1.90 bits per heavy atom. The molecule has 31 heavy (non-hydrogen) atoms. The molecule has 1 saturated heterocycles. The lowest BCUT2D eigenvalue weighted by molar-refractivity contribution is -0.136. The van der Waals surface area contributed by atoms with Crippen LogP contribution in [-0.4, -0.2) is 46.6 Å². The van der Waals surface area contributed by atoms with E-state index in [1.165, 1.54) is 11.3 Å². The maximum atomic E-state index is 12.9. The van der Waals surface area contributed by atoms with Crippen molar-refractivity contribution in [2.24, 2.45) is 0 Å². The third kappa shape index (κ3) is 5.11. The van der Waals surface area contributed by atoms with E-state index in [2.05, 4.69) is 31.4 Å². The normalized spacial score (nSPS) is 15.7. The summed E-state index contributed by atoms with van der Waals surface area (Å²) in [6, 6.07) is 14.6. The monoisotopic (exact) mass is 500 g/mol. The highest BCUT2D eigenvalue weighted by atomic mass is 79.9. The Balaban J connectivity index is 1.39. The Labute approximate surface area is 192 Å². The van der Waals surface area contributed by atoms with Gasteiger partial charge in [0, 0.05) is 16.6 Å². The van der Waals surface area contributed by atoms with Crippen LogP contribution in [0, 0.1) is 0 Å². The smallest absolute Gasteiger partial charge is 0.249 e. The molecule has 2 heterocycles. The van der Waals surface area contributed by atoms with Crippen molar-refractivity contribution in [1.82, 2.24) is 15.1 Å². The van der Waals surface area contributed by atoms with Crippen molar-refractivity contribution >= 4 is 44.2 Å². The summed E-state index contributed by atoms with van der Waals surface area (Å²) in [6.45, 7) is 0.577. The fourth-order valence-corrected chi connectivity index (χ4v) is 4.55. The summed E-state index contributed by atoms with van der Waals surface area (Å²) in [5, 5.41) is 12.2. The fraction of sp³-hybridized carbons (Fsp3) is 0.273. The quantitative estimate of drug-likeness (QED) is 0.549. The molecule has 1 unspecified atom stereocenters. The molecule has 1 N–H and O–H groups in total. The molecule has 3 aromatic rings. The van der Waals surface area contributed by atoms with E-state index in [1.54, 1.807) is 12.0 Å². The summed E-state index contributed by atoms with van der Waals surface area (Å²) >= 11 is 4.72. The number of amides is 2. The third-order valence-corrected chi connectivity index (χ3v) is 6.55. The van der Waals surface area contributed by atoms with Crippen molar-refractivity contribution in [3.05, 3.63) is 58.6 Å². The third-order valence-electron chi connectivity index (χ3n) is 5.14. The van der Waals surface area contributed by atoms with Crippen molar-refractivity contribution in [1.29, 1.82) is 0 Å². The number of rotatable bonds is 6. The van der Waals surface area contributed by atoms with Gasteiger partial charge in [-0.2, -0.15) is 0 Å². The topological polar surface area (TPSA) is 84.4 Å². The Morgan fingerprint density at radius 1 is 1.16 bits per heavy atom. The van der Waals surface area contributed by atoms with Crippen LogP contribution >= 0.6 is 27.3 Å². The minimum Gasteiger partial charge on any atom is -0.497 e. The molecule has 0 radical (unpaired) electrons. The first-order chi connectivity index (χ1) is 15.0. The predicted molar refractivity (Wildman–Crippen MR) is 123 cm³/mol. The Bertz CT molecular complexity index is 1070. The number of nitrogens with one attached hydrogen (secondary N) is 1. The van der Waals surface area contributed by atoms with Gasteiger partial charge in [0.05, 0.1) is 13.5 Å². The maximum Gasteiger partial charge on any atom is 0.249 e. The highest BCUT2D eigenvalue weighted by Crippen LogP contribution is 2.28. The van der Waals surface area contributed by atoms with Gasteiger partial charge in [-0.3, -0.25) is 14.9 Å². The Kier molecular flexibility index (Phi) is 6.62. The number of halogens is 1. The van der Waals surface area contributed by atoms with Crippen LogP contribution in [0.15, 0.2) is 53.0 Å². The van der Waals surface area contributed by atoms with Crippen LogP contribution in [0.4, 0.5) is 5.13 Å². The molecule has 0 bridgehead atoms. The molecule has 1 fully saturated rings. The summed E-state index contributed by atoms with van der Waals surface area (Å²) in [5.41, 5.74) is 1.82. The molecule has 2 aromatic carbocycles. The highest BCUT2D eigenvalue weighted by Gasteiger charge is 2.34. The van der Waals surface area contributed by atoms with Gasteiger partial charge in [-0.05, 0) is 42.7 Å². The summed E-state index contributed by atoms with van der Waals surface area (Å²) in [7, 11) is 1.60. The number of carbonyl (C=O) groups excluding carboxylic acids is 2. The lowest BCUT2D eigenvalue weighted by atomic mass is 10.1. The van der Waals surface area contributed by atoms with Gasteiger partial charge in [-0.25, -0.2) is 0 Å². The van der Waals surface area contributed by atoms with Crippen molar-refractivity contribution in [2.45, 2.75) is 25.3 Å². The standard InChI is InChI=1S/C22H21BrN4O3S/c1-30-17-10-4-14(5-11-17)13-19(28)27-12-2-3-18(27)20(29)24-22-26-25-21(31-22)15-6-8-16(23)9-7-15/h4-11,18H,2-3,12-13H2,1H3,(H,24,26,29). The van der Waals surface area contributed by atoms with Gasteiger partial charge in [0.2, 0.25) is 16.9 Å². The second-order valence-corrected chi connectivity index (χ2v) is 9.07. The number of nitrogens with zero attached hydrogens (tertiary/aromatic N) is 3. The number of aromatic nitrogens is 2. The molecule has 4 rings (SSSR count). The van der Waals surface area contributed by atoms with Gasteiger partial charge in [0.25, 0.3) is 0 Å². The van der Waals surface area contributed by atoms with Crippen molar-refractivity contribution in [3.8, 4) is 16.3 Å². The number of anilines is 1. The van der Waals surface area contributed by atoms with Gasteiger partial charge in [-0.1, -0.05) is 51.5 Å². The van der Waals surface area contributed by atoms with E-state index in [-0.39, 0.29) is 18.2 Å². The van der Waals surface area contributed by atoms with E-state index in [4.69, 9.17) is 4.74 Å². The number of carbonyl (C=O) groups is 2. The maximum absolute atomic E-state index is 12.9. The SMILES string of the molecule is COc1ccc(CC(=O)N2CCCC2C(=O)Nc2nnc(-c3ccc(Br)cc3)s2)cc1. The lowest BCUT2D eigenvalue weighted by Crippen LogP contribution is -2.43. The summed E-state index contributed by atoms with van der Waals surface area (Å²) in [4.78, 5) is 27.4. The zero-order chi connectivity index (χ0) is 21.8. The Hall–Kier alpha value is -2.78. The molecule has 0 spiro atoms. The average molecular weight is 501 g/mol. The molecular weight excluding hydrogens is 480 g/mol. The largest absolute Gasteiger partial charge is 0.497 e. The summed E-state index contributed by atoms with van der Waals surface area (Å²) in [6.07, 6.45) is 1.69. The van der Waals surface area contributed by atoms with Gasteiger partial charge >= 0.3 is 0 Å². The molecule has 0 saturated carbocycles. The van der Waals surface area contributed by atoms with E-state index in [9.17, 15) is 9.59 Å². The molecule has 160 valence electrons. The van der Waals surface area contributed by atoms with Crippen molar-refractivity contribution in [3.63, 3.8) is 0 Å². The lowest BCUT2D eigenvalue weighted by Gasteiger charge is -2.23. The first-order valence-corrected chi connectivity index (χ1v) is 11.5. The number of hydrogen-bond acceptors (Lipinski definition) is 6. The molecule has 1 atom stereocenters. The molecule has 1 aliphatic rings. The first kappa shape index (κ1) is 21.5. The first-order valence-electron chi connectivity index (χ1n) is 9.86. The van der Waals surface area contributed by atoms with Crippen LogP contribution in [0.2, 0.25) is 0 Å². The highest BCUT2D eigenvalue weighted by molar-refractivity contribution is 9.10. The van der Waals surface area contributed by atoms with Crippen molar-refractivity contribution in [2.75, 3.05) is 19.0 Å². The van der Waals surface area contributed by atoms with E-state index >= 15 is 0 Å². The van der Waals surface area contributed by atoms with Crippen LogP contribution in [0.25, 0.3) is 10.6 Å². The van der Waals surface area contributed by atoms with Crippen molar-refractivity contribution < 1.29 is 14.3 Å². The molecule has 9 heteroatoms. The molecule has 1 aromatic heterocycles. The molecular formula is C22H21BrN4O3S. The molecule has 7 nitrogen and oxygen atoms in total. The summed E-state index contributed by atoms with van der Waals surface area (Å²) < 4.78 is 6.14. The number of likely N-dealkylation sites (tertiary alicyclic amines) is 1. The van der Waals surface area contributed by atoms with Crippen LogP contribution in [-0.2, 0) is 16.0 Å². The number of benzene rings is 2. The predicted octanol–water partition coefficient (Wildman–Crippen LogP) is 4.15. The molecule has 2 amide bonds. The molecule has 1 aliphatic heterocycles. The zero-order valence-electron chi connectivity index (χ0n) is 16.9. The van der Waals surface area contributed by atoms with Crippen LogP contribution in [0.3, 0.4) is 0 Å².